The van der Waals surface area contributed by atoms with Gasteiger partial charge >= 0.3 is 0 Å². The third-order valence-corrected chi connectivity index (χ3v) is 7.35. The molecule has 5 nitrogen and oxygen atoms in total. The van der Waals surface area contributed by atoms with Crippen LogP contribution in [-0.2, 0) is 5.41 Å². The van der Waals surface area contributed by atoms with Crippen molar-refractivity contribution in [3.63, 3.8) is 0 Å². The average molecular weight is 440 g/mol. The van der Waals surface area contributed by atoms with E-state index in [0.29, 0.717) is 18.5 Å². The number of likely N-dealkylation sites (N-methyl/N-ethyl adjacent to an activating group) is 1. The monoisotopic (exact) mass is 439 g/mol. The highest BCUT2D eigenvalue weighted by atomic mass is 19.1. The molecule has 3 atom stereocenters. The van der Waals surface area contributed by atoms with Crippen molar-refractivity contribution in [2.45, 2.75) is 43.2 Å². The molecule has 0 bridgehead atoms. The summed E-state index contributed by atoms with van der Waals surface area (Å²) < 4.78 is 13.6. The van der Waals surface area contributed by atoms with Crippen LogP contribution >= 0.6 is 0 Å². The minimum atomic E-state index is -0.414. The van der Waals surface area contributed by atoms with Crippen LogP contribution in [0.3, 0.4) is 0 Å². The molecular weight excluding hydrogens is 405 g/mol. The molecule has 1 saturated carbocycles. The van der Waals surface area contributed by atoms with Crippen molar-refractivity contribution < 1.29 is 14.3 Å². The summed E-state index contributed by atoms with van der Waals surface area (Å²) in [6.07, 6.45) is 2.89. The maximum atomic E-state index is 13.6. The number of nitrogens with zero attached hydrogens (tertiary/aromatic N) is 2. The van der Waals surface area contributed by atoms with Gasteiger partial charge < -0.3 is 15.3 Å². The summed E-state index contributed by atoms with van der Waals surface area (Å²) in [6.45, 7) is 4.47. The van der Waals surface area contributed by atoms with E-state index in [0.717, 1.165) is 45.4 Å². The van der Waals surface area contributed by atoms with Crippen LogP contribution in [0, 0.1) is 5.82 Å². The Labute approximate surface area is 190 Å². The van der Waals surface area contributed by atoms with Crippen molar-refractivity contribution in [2.75, 3.05) is 39.8 Å². The van der Waals surface area contributed by atoms with Crippen LogP contribution in [0.1, 0.15) is 41.6 Å². The van der Waals surface area contributed by atoms with Crippen molar-refractivity contribution >= 4 is 5.91 Å². The topological polar surface area (TPSA) is 55.8 Å². The number of rotatable bonds is 5. The van der Waals surface area contributed by atoms with Gasteiger partial charge in [-0.05, 0) is 56.5 Å². The molecule has 2 aliphatic rings. The fraction of sp³-hybridized carbons (Fsp3) is 0.500. The van der Waals surface area contributed by atoms with E-state index in [1.807, 2.05) is 18.2 Å². The first kappa shape index (κ1) is 22.9. The van der Waals surface area contributed by atoms with Crippen LogP contribution < -0.4 is 5.32 Å². The van der Waals surface area contributed by atoms with Crippen molar-refractivity contribution in [1.82, 2.24) is 15.1 Å². The predicted octanol–water partition coefficient (Wildman–Crippen LogP) is 3.04. The number of nitrogens with one attached hydrogen (secondary N) is 1. The van der Waals surface area contributed by atoms with Gasteiger partial charge in [0.25, 0.3) is 5.91 Å². The second-order valence-corrected chi connectivity index (χ2v) is 9.39. The first-order valence-electron chi connectivity index (χ1n) is 11.7. The SMILES string of the molecule is CN1CCN([C@H]2CC[C@](CNC(=O)c3cccc(F)c3)(c3ccccc3)CC[C@@H]2O)CC1. The van der Waals surface area contributed by atoms with Crippen molar-refractivity contribution in [3.05, 3.63) is 71.5 Å². The van der Waals surface area contributed by atoms with Crippen LogP contribution in [0.15, 0.2) is 54.6 Å². The molecule has 2 aromatic carbocycles. The number of halogens is 1. The highest BCUT2D eigenvalue weighted by Gasteiger charge is 2.40. The molecule has 0 radical (unpaired) electrons. The second-order valence-electron chi connectivity index (χ2n) is 9.39. The summed E-state index contributed by atoms with van der Waals surface area (Å²) in [5, 5.41) is 14.1. The van der Waals surface area contributed by atoms with Gasteiger partial charge in [0.2, 0.25) is 0 Å². The van der Waals surface area contributed by atoms with Crippen LogP contribution in [0.2, 0.25) is 0 Å². The number of aliphatic hydroxyl groups excluding tert-OH is 1. The number of hydrogen-bond donors (Lipinski definition) is 2. The number of aliphatic hydroxyl groups is 1. The number of hydrogen-bond acceptors (Lipinski definition) is 4. The molecule has 1 amide bonds. The lowest BCUT2D eigenvalue weighted by Gasteiger charge is -2.39. The molecule has 4 rings (SSSR count). The highest BCUT2D eigenvalue weighted by Crippen LogP contribution is 2.39. The lowest BCUT2D eigenvalue weighted by molar-refractivity contribution is 0.0200. The summed E-state index contributed by atoms with van der Waals surface area (Å²) in [5.74, 6) is -0.678. The zero-order chi connectivity index (χ0) is 22.6. The van der Waals surface area contributed by atoms with E-state index in [1.54, 1.807) is 12.1 Å². The van der Waals surface area contributed by atoms with E-state index in [9.17, 15) is 14.3 Å². The zero-order valence-electron chi connectivity index (χ0n) is 18.8. The minimum absolute atomic E-state index is 0.146. The van der Waals surface area contributed by atoms with E-state index < -0.39 is 5.82 Å². The molecule has 32 heavy (non-hydrogen) atoms. The van der Waals surface area contributed by atoms with Gasteiger partial charge in [-0.1, -0.05) is 36.4 Å². The van der Waals surface area contributed by atoms with E-state index in [2.05, 4.69) is 34.3 Å². The fourth-order valence-electron chi connectivity index (χ4n) is 5.28. The first-order valence-corrected chi connectivity index (χ1v) is 11.7. The van der Waals surface area contributed by atoms with E-state index in [4.69, 9.17) is 0 Å². The van der Waals surface area contributed by atoms with E-state index in [-0.39, 0.29) is 23.5 Å². The summed E-state index contributed by atoms with van der Waals surface area (Å²) in [5.41, 5.74) is 1.26. The molecule has 0 aromatic heterocycles. The Kier molecular flexibility index (Phi) is 7.23. The molecule has 1 aliphatic heterocycles. The smallest absolute Gasteiger partial charge is 0.251 e. The largest absolute Gasteiger partial charge is 0.391 e. The van der Waals surface area contributed by atoms with Crippen LogP contribution in [0.5, 0.6) is 0 Å². The van der Waals surface area contributed by atoms with Gasteiger partial charge in [-0.2, -0.15) is 0 Å². The van der Waals surface area contributed by atoms with Gasteiger partial charge in [0.1, 0.15) is 5.82 Å². The average Bonchev–Trinajstić information content (AvgIpc) is 2.98. The summed E-state index contributed by atoms with van der Waals surface area (Å²) in [6, 6.07) is 16.3. The molecule has 1 aliphatic carbocycles. The van der Waals surface area contributed by atoms with Crippen molar-refractivity contribution in [3.8, 4) is 0 Å². The first-order chi connectivity index (χ1) is 15.5. The van der Waals surface area contributed by atoms with Gasteiger partial charge in [-0.3, -0.25) is 9.69 Å². The number of carbonyl (C=O) groups is 1. The fourth-order valence-corrected chi connectivity index (χ4v) is 5.28. The molecule has 2 fully saturated rings. The molecule has 172 valence electrons. The summed E-state index contributed by atoms with van der Waals surface area (Å²) >= 11 is 0. The lowest BCUT2D eigenvalue weighted by atomic mass is 9.74. The number of piperazine rings is 1. The van der Waals surface area contributed by atoms with Crippen molar-refractivity contribution in [1.29, 1.82) is 0 Å². The molecule has 2 aromatic rings. The third-order valence-electron chi connectivity index (χ3n) is 7.35. The van der Waals surface area contributed by atoms with Gasteiger partial charge in [-0.15, -0.1) is 0 Å². The number of carbonyl (C=O) groups excluding carboxylic acids is 1. The lowest BCUT2D eigenvalue weighted by Crippen LogP contribution is -2.52. The summed E-state index contributed by atoms with van der Waals surface area (Å²) in [7, 11) is 2.14. The standard InChI is InChI=1S/C26H34FN3O2/c1-29-14-16-30(17-15-29)23-10-12-26(13-11-24(23)31,21-7-3-2-4-8-21)19-28-25(32)20-6-5-9-22(27)18-20/h2-9,18,23-24,31H,10-17,19H2,1H3,(H,28,32)/t23-,24-,26-/m0/s1. The Morgan fingerprint density at radius 3 is 2.50 bits per heavy atom. The molecule has 1 saturated heterocycles. The van der Waals surface area contributed by atoms with Crippen molar-refractivity contribution in [2.24, 2.45) is 0 Å². The Hall–Kier alpha value is -2.28. The Balaban J connectivity index is 1.52. The van der Waals surface area contributed by atoms with Gasteiger partial charge in [0, 0.05) is 49.7 Å². The zero-order valence-corrected chi connectivity index (χ0v) is 18.8. The number of benzene rings is 2. The van der Waals surface area contributed by atoms with Gasteiger partial charge in [0.05, 0.1) is 6.10 Å². The van der Waals surface area contributed by atoms with E-state index in [1.165, 1.54) is 17.7 Å². The van der Waals surface area contributed by atoms with E-state index >= 15 is 0 Å². The normalized spacial score (nSPS) is 27.6. The van der Waals surface area contributed by atoms with Crippen LogP contribution in [0.25, 0.3) is 0 Å². The molecule has 6 heteroatoms. The molecular formula is C26H34FN3O2. The Morgan fingerprint density at radius 1 is 1.06 bits per heavy atom. The quantitative estimate of drug-likeness (QED) is 0.704. The molecule has 0 unspecified atom stereocenters. The van der Waals surface area contributed by atoms with Crippen LogP contribution in [0.4, 0.5) is 4.39 Å². The van der Waals surface area contributed by atoms with Gasteiger partial charge in [0.15, 0.2) is 0 Å². The third kappa shape index (κ3) is 5.20. The maximum absolute atomic E-state index is 13.6. The van der Waals surface area contributed by atoms with Crippen LogP contribution in [-0.4, -0.2) is 72.7 Å². The predicted molar refractivity (Wildman–Crippen MR) is 124 cm³/mol. The maximum Gasteiger partial charge on any atom is 0.251 e. The second kappa shape index (κ2) is 10.1. The molecule has 0 spiro atoms. The highest BCUT2D eigenvalue weighted by molar-refractivity contribution is 5.94. The number of amides is 1. The summed E-state index contributed by atoms with van der Waals surface area (Å²) in [4.78, 5) is 17.5. The van der Waals surface area contributed by atoms with Gasteiger partial charge in [-0.25, -0.2) is 4.39 Å². The Morgan fingerprint density at radius 2 is 1.78 bits per heavy atom. The molecule has 2 N–H and O–H groups in total. The Bertz CT molecular complexity index is 901. The molecule has 1 heterocycles. The minimum Gasteiger partial charge on any atom is -0.391 e.